The van der Waals surface area contributed by atoms with Crippen LogP contribution in [0.2, 0.25) is 0 Å². The number of para-hydroxylation sites is 1. The van der Waals surface area contributed by atoms with Crippen LogP contribution < -0.4 is 21.3 Å². The molecular formula is C26H27N7O3S. The smallest absolute Gasteiger partial charge is 0.323 e. The van der Waals surface area contributed by atoms with E-state index in [4.69, 9.17) is 4.78 Å². The lowest BCUT2D eigenvalue weighted by atomic mass is 10.1. The average molecular weight is 518 g/mol. The van der Waals surface area contributed by atoms with Crippen molar-refractivity contribution in [3.8, 4) is 11.1 Å². The first-order valence-electron chi connectivity index (χ1n) is 11.4. The fraction of sp³-hybridized carbons (Fsp3) is 0.115. The molecule has 2 atom stereocenters. The molecule has 190 valence electrons. The highest BCUT2D eigenvalue weighted by Crippen LogP contribution is 2.29. The van der Waals surface area contributed by atoms with Crippen LogP contribution in [0, 0.1) is 4.78 Å². The van der Waals surface area contributed by atoms with Gasteiger partial charge in [0.15, 0.2) is 0 Å². The summed E-state index contributed by atoms with van der Waals surface area (Å²) in [6, 6.07) is 22.5. The van der Waals surface area contributed by atoms with Crippen molar-refractivity contribution in [2.24, 2.45) is 0 Å². The molecule has 0 saturated carbocycles. The van der Waals surface area contributed by atoms with Crippen LogP contribution >= 0.6 is 0 Å². The van der Waals surface area contributed by atoms with Gasteiger partial charge < -0.3 is 26.4 Å². The molecule has 0 spiro atoms. The minimum Gasteiger partial charge on any atom is -0.394 e. The lowest BCUT2D eigenvalue weighted by molar-refractivity contribution is 0.262. The van der Waals surface area contributed by atoms with E-state index in [1.807, 2.05) is 37.3 Å². The molecule has 2 unspecified atom stereocenters. The van der Waals surface area contributed by atoms with Crippen molar-refractivity contribution in [2.45, 2.75) is 17.9 Å². The number of carbonyl (C=O) groups is 1. The average Bonchev–Trinajstić information content (AvgIpc) is 2.90. The van der Waals surface area contributed by atoms with E-state index in [9.17, 15) is 14.1 Å². The van der Waals surface area contributed by atoms with Gasteiger partial charge in [-0.15, -0.1) is 0 Å². The van der Waals surface area contributed by atoms with E-state index in [0.29, 0.717) is 39.3 Å². The predicted octanol–water partition coefficient (Wildman–Crippen LogP) is 4.93. The monoisotopic (exact) mass is 517 g/mol. The first-order valence-corrected chi connectivity index (χ1v) is 12.7. The minimum absolute atomic E-state index is 0.0850. The van der Waals surface area contributed by atoms with Gasteiger partial charge in [0.2, 0.25) is 5.95 Å². The van der Waals surface area contributed by atoms with E-state index in [-0.39, 0.29) is 18.7 Å². The maximum absolute atomic E-state index is 12.3. The molecule has 0 fully saturated rings. The Hall–Kier alpha value is -4.48. The molecule has 0 bridgehead atoms. The van der Waals surface area contributed by atoms with Gasteiger partial charge in [-0.05, 0) is 61.0 Å². The summed E-state index contributed by atoms with van der Waals surface area (Å²) in [7, 11) is -2.15. The summed E-state index contributed by atoms with van der Waals surface area (Å²) in [4.78, 5) is 21.7. The van der Waals surface area contributed by atoms with Crippen molar-refractivity contribution in [3.05, 3.63) is 85.1 Å². The third-order valence-corrected chi connectivity index (χ3v) is 6.06. The molecule has 4 rings (SSSR count). The number of amides is 2. The lowest BCUT2D eigenvalue weighted by Crippen LogP contribution is -2.21. The highest BCUT2D eigenvalue weighted by Gasteiger charge is 2.13. The van der Waals surface area contributed by atoms with Crippen LogP contribution in [-0.4, -0.2) is 38.0 Å². The molecule has 11 heteroatoms. The van der Waals surface area contributed by atoms with Gasteiger partial charge in [-0.3, -0.25) is 4.78 Å². The third-order valence-electron chi connectivity index (χ3n) is 5.29. The van der Waals surface area contributed by atoms with Crippen molar-refractivity contribution in [1.82, 2.24) is 9.97 Å². The molecule has 0 saturated heterocycles. The number of nitrogens with one attached hydrogen (secondary N) is 5. The second-order valence-corrected chi connectivity index (χ2v) is 9.28. The van der Waals surface area contributed by atoms with Crippen molar-refractivity contribution in [1.29, 1.82) is 4.78 Å². The summed E-state index contributed by atoms with van der Waals surface area (Å²) in [5, 5.41) is 21.4. The van der Waals surface area contributed by atoms with E-state index in [0.717, 1.165) is 5.56 Å². The zero-order chi connectivity index (χ0) is 26.2. The zero-order valence-electron chi connectivity index (χ0n) is 20.0. The second kappa shape index (κ2) is 12.0. The van der Waals surface area contributed by atoms with Crippen LogP contribution in [0.1, 0.15) is 6.92 Å². The van der Waals surface area contributed by atoms with Crippen molar-refractivity contribution < 1.29 is 14.1 Å². The molecule has 1 aromatic heterocycles. The van der Waals surface area contributed by atoms with Crippen LogP contribution in [0.15, 0.2) is 90.0 Å². The van der Waals surface area contributed by atoms with Gasteiger partial charge >= 0.3 is 6.03 Å². The van der Waals surface area contributed by atoms with Crippen molar-refractivity contribution in [2.75, 3.05) is 27.9 Å². The second-order valence-electron chi connectivity index (χ2n) is 8.17. The molecule has 2 amide bonds. The molecule has 0 aliphatic heterocycles. The Bertz CT molecular complexity index is 1420. The lowest BCUT2D eigenvalue weighted by Gasteiger charge is -2.17. The molecule has 10 nitrogen and oxygen atoms in total. The number of nitrogens with zero attached hydrogens (tertiary/aromatic N) is 2. The maximum Gasteiger partial charge on any atom is 0.323 e. The normalized spacial score (nSPS) is 12.3. The Morgan fingerprint density at radius 2 is 1.57 bits per heavy atom. The fourth-order valence-corrected chi connectivity index (χ4v) is 3.82. The Balaban J connectivity index is 1.52. The maximum atomic E-state index is 12.3. The summed E-state index contributed by atoms with van der Waals surface area (Å²) < 4.78 is 18.7. The number of aliphatic hydroxyl groups excluding tert-OH is 1. The summed E-state index contributed by atoms with van der Waals surface area (Å²) in [6.45, 7) is 1.75. The summed E-state index contributed by atoms with van der Waals surface area (Å²) >= 11 is 0. The highest BCUT2D eigenvalue weighted by molar-refractivity contribution is 7.73. The Morgan fingerprint density at radius 3 is 2.19 bits per heavy atom. The summed E-state index contributed by atoms with van der Waals surface area (Å²) in [5.41, 5.74) is 3.52. The molecular weight excluding hydrogens is 490 g/mol. The van der Waals surface area contributed by atoms with E-state index < -0.39 is 10.6 Å². The quantitative estimate of drug-likeness (QED) is 0.156. The summed E-state index contributed by atoms with van der Waals surface area (Å²) in [6.07, 6.45) is 1.67. The number of anilines is 5. The first kappa shape index (κ1) is 25.6. The van der Waals surface area contributed by atoms with Gasteiger partial charge in [0.25, 0.3) is 0 Å². The van der Waals surface area contributed by atoms with E-state index in [1.54, 1.807) is 54.7 Å². The van der Waals surface area contributed by atoms with Crippen LogP contribution in [0.4, 0.5) is 33.6 Å². The third kappa shape index (κ3) is 7.03. The number of aromatic nitrogens is 2. The Kier molecular flexibility index (Phi) is 8.29. The van der Waals surface area contributed by atoms with Gasteiger partial charge in [-0.2, -0.15) is 4.98 Å². The standard InChI is InChI=1S/C26H27N7O3S/c1-17(16-34)29-24-23(15-28-25(33-24)30-20-11-13-22(14-12-20)37(27)36)18-7-9-21(10-8-18)32-26(35)31-19-5-3-2-4-6-19/h2-15,17,27,34,37H,16H2,1H3,(H2,31,32,35)(H2,28,29,30,33). The minimum atomic E-state index is -2.15. The fourth-order valence-electron chi connectivity index (χ4n) is 3.40. The Morgan fingerprint density at radius 1 is 0.946 bits per heavy atom. The number of hydrogen-bond acceptors (Lipinski definition) is 8. The largest absolute Gasteiger partial charge is 0.394 e. The van der Waals surface area contributed by atoms with Crippen LogP contribution in [0.25, 0.3) is 11.1 Å². The first-order chi connectivity index (χ1) is 17.9. The van der Waals surface area contributed by atoms with E-state index in [1.165, 1.54) is 0 Å². The van der Waals surface area contributed by atoms with E-state index in [2.05, 4.69) is 31.2 Å². The van der Waals surface area contributed by atoms with Crippen LogP contribution in [-0.2, 0) is 10.6 Å². The zero-order valence-corrected chi connectivity index (χ0v) is 20.9. The predicted molar refractivity (Wildman–Crippen MR) is 147 cm³/mol. The van der Waals surface area contributed by atoms with Gasteiger partial charge in [0.1, 0.15) is 5.82 Å². The van der Waals surface area contributed by atoms with Crippen molar-refractivity contribution in [3.63, 3.8) is 0 Å². The number of rotatable bonds is 9. The van der Waals surface area contributed by atoms with Crippen LogP contribution in [0.5, 0.6) is 0 Å². The highest BCUT2D eigenvalue weighted by atomic mass is 32.2. The van der Waals surface area contributed by atoms with Gasteiger partial charge in [-0.1, -0.05) is 30.3 Å². The van der Waals surface area contributed by atoms with Gasteiger partial charge in [0, 0.05) is 39.8 Å². The van der Waals surface area contributed by atoms with Gasteiger partial charge in [-0.25, -0.2) is 14.0 Å². The molecule has 0 aliphatic carbocycles. The number of hydrogen-bond donors (Lipinski definition) is 7. The molecule has 0 aliphatic rings. The van der Waals surface area contributed by atoms with Gasteiger partial charge in [0.05, 0.1) is 17.2 Å². The number of thiol groups is 1. The SMILES string of the molecule is CC(CO)Nc1nc(Nc2ccc([SH](=N)=O)cc2)ncc1-c1ccc(NC(=O)Nc2ccccc2)cc1. The number of urea groups is 1. The topological polar surface area (TPSA) is 152 Å². The molecule has 0 radical (unpaired) electrons. The van der Waals surface area contributed by atoms with Crippen LogP contribution in [0.3, 0.4) is 0 Å². The molecule has 3 aromatic carbocycles. The molecule has 4 aromatic rings. The number of benzene rings is 3. The molecule has 6 N–H and O–H groups in total. The summed E-state index contributed by atoms with van der Waals surface area (Å²) in [5.74, 6) is 0.850. The number of aliphatic hydroxyl groups is 1. The number of carbonyl (C=O) groups excluding carboxylic acids is 1. The molecule has 37 heavy (non-hydrogen) atoms. The molecule has 1 heterocycles. The van der Waals surface area contributed by atoms with E-state index >= 15 is 0 Å². The Labute approximate surface area is 216 Å². The van der Waals surface area contributed by atoms with Crippen molar-refractivity contribution >= 4 is 45.5 Å².